The molecule has 0 aromatic carbocycles. The number of aromatic nitrogens is 3. The van der Waals surface area contributed by atoms with Crippen LogP contribution in [0.2, 0.25) is 0 Å². The maximum atomic E-state index is 8.79. The smallest absolute Gasteiger partial charge is 0.0964 e. The van der Waals surface area contributed by atoms with Crippen molar-refractivity contribution in [1.29, 1.82) is 0 Å². The number of aliphatic hydroxyl groups excluding tert-OH is 1. The summed E-state index contributed by atoms with van der Waals surface area (Å²) < 4.78 is 7.53. The van der Waals surface area contributed by atoms with E-state index in [4.69, 9.17) is 9.84 Å². The minimum atomic E-state index is 0.0920. The Morgan fingerprint density at radius 2 is 2.20 bits per heavy atom. The molecule has 1 aromatic heterocycles. The third kappa shape index (κ3) is 5.56. The summed E-state index contributed by atoms with van der Waals surface area (Å²) in [7, 11) is 0. The van der Waals surface area contributed by atoms with E-state index >= 15 is 0 Å². The highest BCUT2D eigenvalue weighted by molar-refractivity contribution is 4.91. The van der Waals surface area contributed by atoms with Crippen LogP contribution in [0.5, 0.6) is 0 Å². The molecule has 1 fully saturated rings. The lowest BCUT2D eigenvalue weighted by Crippen LogP contribution is -2.20. The van der Waals surface area contributed by atoms with Crippen molar-refractivity contribution in [2.24, 2.45) is 0 Å². The number of hydrogen-bond acceptors (Lipinski definition) is 5. The van der Waals surface area contributed by atoms with Crippen molar-refractivity contribution < 1.29 is 9.84 Å². The van der Waals surface area contributed by atoms with E-state index in [1.54, 1.807) is 4.68 Å². The van der Waals surface area contributed by atoms with Gasteiger partial charge in [-0.05, 0) is 25.8 Å². The molecule has 0 spiro atoms. The van der Waals surface area contributed by atoms with Gasteiger partial charge < -0.3 is 15.2 Å². The predicted molar refractivity (Wildman–Crippen MR) is 76.3 cm³/mol. The molecule has 0 bridgehead atoms. The van der Waals surface area contributed by atoms with Crippen LogP contribution in [0.4, 0.5) is 0 Å². The van der Waals surface area contributed by atoms with Gasteiger partial charge in [-0.15, -0.1) is 5.10 Å². The van der Waals surface area contributed by atoms with Crippen LogP contribution in [0, 0.1) is 0 Å². The van der Waals surface area contributed by atoms with Gasteiger partial charge in [0.25, 0.3) is 0 Å². The van der Waals surface area contributed by atoms with Gasteiger partial charge in [0, 0.05) is 19.3 Å². The average molecular weight is 282 g/mol. The van der Waals surface area contributed by atoms with Crippen molar-refractivity contribution in [1.82, 2.24) is 20.3 Å². The molecule has 0 amide bonds. The summed E-state index contributed by atoms with van der Waals surface area (Å²) >= 11 is 0. The number of nitrogens with zero attached hydrogens (tertiary/aromatic N) is 3. The highest BCUT2D eigenvalue weighted by Gasteiger charge is 2.12. The summed E-state index contributed by atoms with van der Waals surface area (Å²) in [6, 6.07) is 0. The Kier molecular flexibility index (Phi) is 6.97. The van der Waals surface area contributed by atoms with Crippen molar-refractivity contribution >= 4 is 0 Å². The zero-order valence-corrected chi connectivity index (χ0v) is 12.1. The SMILES string of the molecule is OCCn1cc(CNCCCOC2CCCCC2)nn1. The highest BCUT2D eigenvalue weighted by Crippen LogP contribution is 2.20. The van der Waals surface area contributed by atoms with Gasteiger partial charge in [0.05, 0.1) is 24.9 Å². The molecule has 0 atom stereocenters. The summed E-state index contributed by atoms with van der Waals surface area (Å²) in [6.07, 6.45) is 9.89. The Morgan fingerprint density at radius 1 is 1.35 bits per heavy atom. The minimum absolute atomic E-state index is 0.0920. The van der Waals surface area contributed by atoms with E-state index in [2.05, 4.69) is 15.6 Å². The van der Waals surface area contributed by atoms with Crippen molar-refractivity contribution in [2.45, 2.75) is 57.7 Å². The number of aliphatic hydroxyl groups is 1. The zero-order chi connectivity index (χ0) is 14.0. The molecule has 0 unspecified atom stereocenters. The van der Waals surface area contributed by atoms with Crippen molar-refractivity contribution in [3.63, 3.8) is 0 Å². The fourth-order valence-corrected chi connectivity index (χ4v) is 2.53. The Morgan fingerprint density at radius 3 is 3.00 bits per heavy atom. The lowest BCUT2D eigenvalue weighted by molar-refractivity contribution is 0.0273. The van der Waals surface area contributed by atoms with E-state index in [0.29, 0.717) is 12.6 Å². The first-order valence-electron chi connectivity index (χ1n) is 7.70. The van der Waals surface area contributed by atoms with Gasteiger partial charge in [0.15, 0.2) is 0 Å². The number of ether oxygens (including phenoxy) is 1. The topological polar surface area (TPSA) is 72.2 Å². The van der Waals surface area contributed by atoms with Crippen LogP contribution in [-0.4, -0.2) is 46.0 Å². The van der Waals surface area contributed by atoms with Gasteiger partial charge >= 0.3 is 0 Å². The summed E-state index contributed by atoms with van der Waals surface area (Å²) in [5.41, 5.74) is 0.909. The van der Waals surface area contributed by atoms with E-state index in [9.17, 15) is 0 Å². The predicted octanol–water partition coefficient (Wildman–Crippen LogP) is 1.10. The van der Waals surface area contributed by atoms with Crippen molar-refractivity contribution in [2.75, 3.05) is 19.8 Å². The Bertz CT molecular complexity index is 364. The molecule has 1 saturated carbocycles. The molecule has 1 aliphatic rings. The van der Waals surface area contributed by atoms with E-state index in [-0.39, 0.29) is 6.61 Å². The number of rotatable bonds is 9. The molecular weight excluding hydrogens is 256 g/mol. The lowest BCUT2D eigenvalue weighted by Gasteiger charge is -2.21. The van der Waals surface area contributed by atoms with E-state index in [0.717, 1.165) is 31.8 Å². The molecule has 6 nitrogen and oxygen atoms in total. The maximum absolute atomic E-state index is 8.79. The van der Waals surface area contributed by atoms with Crippen molar-refractivity contribution in [3.05, 3.63) is 11.9 Å². The zero-order valence-electron chi connectivity index (χ0n) is 12.1. The summed E-state index contributed by atoms with van der Waals surface area (Å²) in [5, 5.41) is 20.1. The van der Waals surface area contributed by atoms with Crippen LogP contribution in [0.25, 0.3) is 0 Å². The van der Waals surface area contributed by atoms with Crippen LogP contribution in [-0.2, 0) is 17.8 Å². The molecule has 0 saturated heterocycles. The van der Waals surface area contributed by atoms with Crippen LogP contribution in [0.3, 0.4) is 0 Å². The molecule has 1 aliphatic carbocycles. The summed E-state index contributed by atoms with van der Waals surface area (Å²) in [6.45, 7) is 3.08. The largest absolute Gasteiger partial charge is 0.394 e. The molecule has 0 aliphatic heterocycles. The second-order valence-electron chi connectivity index (χ2n) is 5.36. The first-order valence-corrected chi connectivity index (χ1v) is 7.70. The van der Waals surface area contributed by atoms with Gasteiger partial charge in [-0.3, -0.25) is 0 Å². The number of nitrogens with one attached hydrogen (secondary N) is 1. The van der Waals surface area contributed by atoms with E-state index in [1.165, 1.54) is 32.1 Å². The third-order valence-corrected chi connectivity index (χ3v) is 3.62. The molecule has 0 radical (unpaired) electrons. The molecule has 20 heavy (non-hydrogen) atoms. The first kappa shape index (κ1) is 15.4. The Labute approximate surface area is 120 Å². The third-order valence-electron chi connectivity index (χ3n) is 3.62. The Balaban J connectivity index is 1.48. The van der Waals surface area contributed by atoms with Crippen LogP contribution in [0.15, 0.2) is 6.20 Å². The standard InChI is InChI=1S/C14H26N4O2/c19-9-8-18-12-13(16-17-18)11-15-7-4-10-20-14-5-2-1-3-6-14/h12,14-15,19H,1-11H2. The fourth-order valence-electron chi connectivity index (χ4n) is 2.53. The van der Waals surface area contributed by atoms with Crippen molar-refractivity contribution in [3.8, 4) is 0 Å². The van der Waals surface area contributed by atoms with Crippen LogP contribution >= 0.6 is 0 Å². The minimum Gasteiger partial charge on any atom is -0.394 e. The van der Waals surface area contributed by atoms with Gasteiger partial charge in [-0.25, -0.2) is 4.68 Å². The molecule has 2 N–H and O–H groups in total. The normalized spacial score (nSPS) is 16.6. The lowest BCUT2D eigenvalue weighted by atomic mass is 9.98. The second-order valence-corrected chi connectivity index (χ2v) is 5.36. The molecule has 6 heteroatoms. The van der Waals surface area contributed by atoms with E-state index < -0.39 is 0 Å². The van der Waals surface area contributed by atoms with Crippen LogP contribution < -0.4 is 5.32 Å². The summed E-state index contributed by atoms with van der Waals surface area (Å²) in [5.74, 6) is 0. The van der Waals surface area contributed by atoms with E-state index in [1.807, 2.05) is 6.20 Å². The molecule has 2 rings (SSSR count). The quantitative estimate of drug-likeness (QED) is 0.664. The summed E-state index contributed by atoms with van der Waals surface area (Å²) in [4.78, 5) is 0. The molecular formula is C14H26N4O2. The molecule has 1 aromatic rings. The fraction of sp³-hybridized carbons (Fsp3) is 0.857. The number of hydrogen-bond donors (Lipinski definition) is 2. The highest BCUT2D eigenvalue weighted by atomic mass is 16.5. The molecule has 114 valence electrons. The van der Waals surface area contributed by atoms with Gasteiger partial charge in [0.1, 0.15) is 0 Å². The first-order chi connectivity index (χ1) is 9.88. The monoisotopic (exact) mass is 282 g/mol. The van der Waals surface area contributed by atoms with Gasteiger partial charge in [-0.1, -0.05) is 24.5 Å². The average Bonchev–Trinajstić information content (AvgIpc) is 2.92. The molecule has 1 heterocycles. The Hall–Kier alpha value is -0.980. The van der Waals surface area contributed by atoms with Gasteiger partial charge in [0.2, 0.25) is 0 Å². The van der Waals surface area contributed by atoms with Crippen LogP contribution in [0.1, 0.15) is 44.2 Å². The second kappa shape index (κ2) is 9.05. The maximum Gasteiger partial charge on any atom is 0.0964 e. The van der Waals surface area contributed by atoms with Gasteiger partial charge in [-0.2, -0.15) is 0 Å².